The molecule has 0 aromatic rings. The average molecular weight is 838 g/mol. The van der Waals surface area contributed by atoms with Crippen molar-refractivity contribution in [3.8, 4) is 0 Å². The number of rotatable bonds is 42. The quantitative estimate of drug-likeness (QED) is 0.0263. The van der Waals surface area contributed by atoms with Gasteiger partial charge in [-0.15, -0.1) is 0 Å². The number of allylic oxidation sites excluding steroid dienone is 3. The van der Waals surface area contributed by atoms with Gasteiger partial charge in [0.05, 0.1) is 25.4 Å². The number of unbranched alkanes of at least 4 members (excludes halogenated alkanes) is 30. The van der Waals surface area contributed by atoms with Gasteiger partial charge in [0.15, 0.2) is 6.29 Å². The molecular formula is C50H95NO8. The number of aliphatic hydroxyl groups excluding tert-OH is 5. The van der Waals surface area contributed by atoms with Crippen LogP contribution in [-0.4, -0.2) is 87.5 Å². The van der Waals surface area contributed by atoms with Crippen LogP contribution in [0.3, 0.4) is 0 Å². The zero-order chi connectivity index (χ0) is 43.0. The van der Waals surface area contributed by atoms with Gasteiger partial charge >= 0.3 is 0 Å². The number of carbonyl (C=O) groups is 1. The molecule has 0 aromatic carbocycles. The molecule has 1 heterocycles. The Bertz CT molecular complexity index is 977. The predicted molar refractivity (Wildman–Crippen MR) is 244 cm³/mol. The van der Waals surface area contributed by atoms with E-state index in [0.29, 0.717) is 6.42 Å². The van der Waals surface area contributed by atoms with E-state index in [4.69, 9.17) is 9.47 Å². The lowest BCUT2D eigenvalue weighted by Crippen LogP contribution is -2.60. The summed E-state index contributed by atoms with van der Waals surface area (Å²) in [6.45, 7) is 3.76. The van der Waals surface area contributed by atoms with E-state index in [1.54, 1.807) is 6.08 Å². The Balaban J connectivity index is 2.26. The van der Waals surface area contributed by atoms with Crippen LogP contribution in [0.15, 0.2) is 24.3 Å². The monoisotopic (exact) mass is 838 g/mol. The van der Waals surface area contributed by atoms with Crippen molar-refractivity contribution in [1.82, 2.24) is 5.32 Å². The Hall–Kier alpha value is -1.33. The molecule has 6 N–H and O–H groups in total. The first-order valence-electron chi connectivity index (χ1n) is 25.1. The van der Waals surface area contributed by atoms with Crippen LogP contribution in [-0.2, 0) is 14.3 Å². The summed E-state index contributed by atoms with van der Waals surface area (Å²) in [6, 6.07) is -0.816. The number of amides is 1. The summed E-state index contributed by atoms with van der Waals surface area (Å²) < 4.78 is 11.2. The topological polar surface area (TPSA) is 149 Å². The number of hydrogen-bond acceptors (Lipinski definition) is 8. The molecular weight excluding hydrogens is 743 g/mol. The van der Waals surface area contributed by atoms with Gasteiger partial charge in [-0.25, -0.2) is 0 Å². The zero-order valence-electron chi connectivity index (χ0n) is 38.3. The first-order valence-corrected chi connectivity index (χ1v) is 25.1. The van der Waals surface area contributed by atoms with Crippen LogP contribution in [0.5, 0.6) is 0 Å². The largest absolute Gasteiger partial charge is 0.394 e. The number of aliphatic hydroxyl groups is 5. The molecule has 0 bridgehead atoms. The highest BCUT2D eigenvalue weighted by molar-refractivity contribution is 5.76. The second-order valence-electron chi connectivity index (χ2n) is 17.6. The van der Waals surface area contributed by atoms with Gasteiger partial charge in [0.25, 0.3) is 0 Å². The first kappa shape index (κ1) is 55.7. The third-order valence-corrected chi connectivity index (χ3v) is 12.0. The van der Waals surface area contributed by atoms with Gasteiger partial charge in [0.2, 0.25) is 5.91 Å². The van der Waals surface area contributed by atoms with Crippen LogP contribution < -0.4 is 5.32 Å². The molecule has 1 amide bonds. The van der Waals surface area contributed by atoms with Crippen LogP contribution in [0.25, 0.3) is 0 Å². The fourth-order valence-corrected chi connectivity index (χ4v) is 8.00. The van der Waals surface area contributed by atoms with E-state index in [2.05, 4.69) is 31.3 Å². The van der Waals surface area contributed by atoms with Crippen molar-refractivity contribution in [2.45, 2.75) is 275 Å². The average Bonchev–Trinajstić information content (AvgIpc) is 3.23. The highest BCUT2D eigenvalue weighted by Gasteiger charge is 2.44. The fraction of sp³-hybridized carbons (Fsp3) is 0.900. The molecule has 7 unspecified atom stereocenters. The van der Waals surface area contributed by atoms with E-state index in [1.165, 1.54) is 173 Å². The van der Waals surface area contributed by atoms with Gasteiger partial charge in [-0.2, -0.15) is 0 Å². The van der Waals surface area contributed by atoms with Crippen LogP contribution in [0.4, 0.5) is 0 Å². The lowest BCUT2D eigenvalue weighted by Gasteiger charge is -2.40. The highest BCUT2D eigenvalue weighted by atomic mass is 16.7. The molecule has 0 aliphatic carbocycles. The summed E-state index contributed by atoms with van der Waals surface area (Å²) in [7, 11) is 0. The zero-order valence-corrected chi connectivity index (χ0v) is 38.3. The van der Waals surface area contributed by atoms with Crippen LogP contribution >= 0.6 is 0 Å². The van der Waals surface area contributed by atoms with Crippen LogP contribution in [0.1, 0.15) is 232 Å². The van der Waals surface area contributed by atoms with Gasteiger partial charge in [-0.3, -0.25) is 4.79 Å². The SMILES string of the molecule is CCCCCCCCC/C=C/CC/C=C/C(O)C(COC1OC(CO)C(O)C(O)C1O)NC(=O)CCCCCCCCCCCCCCCCCCCCCCCCC. The normalized spacial score (nSPS) is 20.8. The summed E-state index contributed by atoms with van der Waals surface area (Å²) in [5.74, 6) is -0.184. The number of carbonyl (C=O) groups excluding carboxylic acids is 1. The molecule has 0 saturated carbocycles. The molecule has 7 atom stereocenters. The van der Waals surface area contributed by atoms with Crippen molar-refractivity contribution in [2.24, 2.45) is 0 Å². The van der Waals surface area contributed by atoms with E-state index in [-0.39, 0.29) is 12.5 Å². The van der Waals surface area contributed by atoms with Gasteiger partial charge < -0.3 is 40.3 Å². The summed E-state index contributed by atoms with van der Waals surface area (Å²) in [5, 5.41) is 54.2. The summed E-state index contributed by atoms with van der Waals surface area (Å²) in [4.78, 5) is 13.0. The molecule has 0 spiro atoms. The van der Waals surface area contributed by atoms with Gasteiger partial charge in [-0.05, 0) is 32.1 Å². The Morgan fingerprint density at radius 1 is 0.559 bits per heavy atom. The van der Waals surface area contributed by atoms with E-state index in [0.717, 1.165) is 38.5 Å². The second-order valence-corrected chi connectivity index (χ2v) is 17.6. The Kier molecular flexibility index (Phi) is 38.4. The van der Waals surface area contributed by atoms with Crippen molar-refractivity contribution >= 4 is 5.91 Å². The standard InChI is InChI=1S/C50H95NO8/c1-3-5-7-9-11-13-15-17-18-19-20-21-22-23-24-25-26-28-30-32-34-36-38-40-46(54)51-43(42-58-50-49(57)48(56)47(55)45(41-52)59-50)44(53)39-37-35-33-31-29-27-16-14-12-10-8-6-4-2/h29,31,37,39,43-45,47-50,52-53,55-57H,3-28,30,32-36,38,40-42H2,1-2H3,(H,51,54)/b31-29+,39-37+. The molecule has 59 heavy (non-hydrogen) atoms. The molecule has 0 radical (unpaired) electrons. The molecule has 1 fully saturated rings. The van der Waals surface area contributed by atoms with Gasteiger partial charge in [0.1, 0.15) is 24.4 Å². The molecule has 1 rings (SSSR count). The number of ether oxygens (including phenoxy) is 2. The Labute approximate surface area is 362 Å². The second kappa shape index (κ2) is 40.7. The highest BCUT2D eigenvalue weighted by Crippen LogP contribution is 2.23. The molecule has 348 valence electrons. The minimum atomic E-state index is -1.57. The van der Waals surface area contributed by atoms with Crippen molar-refractivity contribution in [1.29, 1.82) is 0 Å². The van der Waals surface area contributed by atoms with Crippen molar-refractivity contribution in [3.05, 3.63) is 24.3 Å². The van der Waals surface area contributed by atoms with Crippen LogP contribution in [0.2, 0.25) is 0 Å². The maximum atomic E-state index is 13.0. The molecule has 9 heteroatoms. The van der Waals surface area contributed by atoms with Gasteiger partial charge in [0, 0.05) is 6.42 Å². The summed E-state index contributed by atoms with van der Waals surface area (Å²) in [5.41, 5.74) is 0. The van der Waals surface area contributed by atoms with Gasteiger partial charge in [-0.1, -0.05) is 218 Å². The first-order chi connectivity index (χ1) is 28.8. The minimum Gasteiger partial charge on any atom is -0.394 e. The number of nitrogens with one attached hydrogen (secondary N) is 1. The molecule has 1 aliphatic heterocycles. The van der Waals surface area contributed by atoms with E-state index in [9.17, 15) is 30.3 Å². The van der Waals surface area contributed by atoms with Crippen molar-refractivity contribution < 1.29 is 39.8 Å². The maximum Gasteiger partial charge on any atom is 0.220 e. The van der Waals surface area contributed by atoms with E-state index >= 15 is 0 Å². The molecule has 1 aliphatic rings. The maximum absolute atomic E-state index is 13.0. The third-order valence-electron chi connectivity index (χ3n) is 12.0. The molecule has 0 aromatic heterocycles. The predicted octanol–water partition coefficient (Wildman–Crippen LogP) is 11.1. The van der Waals surface area contributed by atoms with E-state index in [1.807, 2.05) is 6.08 Å². The minimum absolute atomic E-state index is 0.184. The van der Waals surface area contributed by atoms with Crippen LogP contribution in [0, 0.1) is 0 Å². The third kappa shape index (κ3) is 31.2. The van der Waals surface area contributed by atoms with Crippen molar-refractivity contribution in [2.75, 3.05) is 13.2 Å². The lowest BCUT2D eigenvalue weighted by molar-refractivity contribution is -0.302. The smallest absolute Gasteiger partial charge is 0.220 e. The summed E-state index contributed by atoms with van der Waals surface area (Å²) >= 11 is 0. The lowest BCUT2D eigenvalue weighted by atomic mass is 9.99. The molecule has 9 nitrogen and oxygen atoms in total. The summed E-state index contributed by atoms with van der Waals surface area (Å²) in [6.07, 6.45) is 42.4. The van der Waals surface area contributed by atoms with E-state index < -0.39 is 49.5 Å². The molecule has 1 saturated heterocycles. The van der Waals surface area contributed by atoms with Crippen molar-refractivity contribution in [3.63, 3.8) is 0 Å². The Morgan fingerprint density at radius 2 is 0.966 bits per heavy atom. The number of hydrogen-bond donors (Lipinski definition) is 6. The Morgan fingerprint density at radius 3 is 1.42 bits per heavy atom. The fourth-order valence-electron chi connectivity index (χ4n) is 8.00.